The van der Waals surface area contributed by atoms with Gasteiger partial charge in [-0.3, -0.25) is 19.5 Å². The van der Waals surface area contributed by atoms with Crippen LogP contribution in [0, 0.1) is 5.92 Å². The third-order valence-corrected chi connectivity index (χ3v) is 9.71. The Hall–Kier alpha value is -3.16. The quantitative estimate of drug-likeness (QED) is 0.364. The van der Waals surface area contributed by atoms with Gasteiger partial charge in [0.25, 0.3) is 5.91 Å². The van der Waals surface area contributed by atoms with E-state index in [1.807, 2.05) is 21.0 Å². The van der Waals surface area contributed by atoms with E-state index in [2.05, 4.69) is 34.9 Å². The van der Waals surface area contributed by atoms with E-state index in [4.69, 9.17) is 4.74 Å². The monoisotopic (exact) mass is 557 g/mol. The molecule has 2 aliphatic rings. The molecule has 2 N–H and O–H groups in total. The summed E-state index contributed by atoms with van der Waals surface area (Å²) in [5.41, 5.74) is 1.65. The zero-order valence-electron chi connectivity index (χ0n) is 21.5. The van der Waals surface area contributed by atoms with E-state index >= 15 is 0 Å². The maximum absolute atomic E-state index is 13.3. The summed E-state index contributed by atoms with van der Waals surface area (Å²) in [5, 5.41) is 3.08. The molecule has 0 bridgehead atoms. The average molecular weight is 558 g/mol. The summed E-state index contributed by atoms with van der Waals surface area (Å²) in [7, 11) is 0.673. The van der Waals surface area contributed by atoms with Gasteiger partial charge in [-0.2, -0.15) is 0 Å². The van der Waals surface area contributed by atoms with Crippen molar-refractivity contribution in [1.82, 2.24) is 30.2 Å². The van der Waals surface area contributed by atoms with Crippen molar-refractivity contribution >= 4 is 33.0 Å². The van der Waals surface area contributed by atoms with Crippen molar-refractivity contribution < 1.29 is 17.9 Å². The molecule has 202 valence electrons. The Morgan fingerprint density at radius 3 is 2.71 bits per heavy atom. The second-order valence-electron chi connectivity index (χ2n) is 9.82. The molecule has 2 aliphatic carbocycles. The molecule has 5 rings (SSSR count). The van der Waals surface area contributed by atoms with Gasteiger partial charge in [-0.15, -0.1) is 11.3 Å². The number of hydrogen-bond donors (Lipinski definition) is 2. The number of hydrogen-bond acceptors (Lipinski definition) is 10. The molecule has 13 heteroatoms. The molecular formula is C25H31N7O4S2. The van der Waals surface area contributed by atoms with E-state index in [9.17, 15) is 13.2 Å². The van der Waals surface area contributed by atoms with Gasteiger partial charge in [-0.05, 0) is 64.8 Å². The lowest BCUT2D eigenvalue weighted by Gasteiger charge is -2.43. The van der Waals surface area contributed by atoms with Crippen LogP contribution in [0.5, 0.6) is 5.88 Å². The third kappa shape index (κ3) is 5.94. The van der Waals surface area contributed by atoms with Crippen LogP contribution in [0.2, 0.25) is 0 Å². The number of rotatable bonds is 11. The van der Waals surface area contributed by atoms with Gasteiger partial charge in [0.1, 0.15) is 5.69 Å². The molecule has 0 aliphatic heterocycles. The minimum absolute atomic E-state index is 0.155. The second kappa shape index (κ2) is 10.9. The first-order chi connectivity index (χ1) is 18.2. The van der Waals surface area contributed by atoms with Gasteiger partial charge in [-0.25, -0.2) is 18.4 Å². The highest BCUT2D eigenvalue weighted by Crippen LogP contribution is 2.40. The van der Waals surface area contributed by atoms with E-state index in [1.165, 1.54) is 17.5 Å². The lowest BCUT2D eigenvalue weighted by molar-refractivity contribution is 0.0757. The van der Waals surface area contributed by atoms with Crippen LogP contribution >= 0.6 is 11.3 Å². The molecule has 0 aromatic carbocycles. The van der Waals surface area contributed by atoms with E-state index in [0.29, 0.717) is 58.3 Å². The van der Waals surface area contributed by atoms with Crippen molar-refractivity contribution in [3.05, 3.63) is 47.6 Å². The van der Waals surface area contributed by atoms with Crippen molar-refractivity contribution in [3.63, 3.8) is 0 Å². The van der Waals surface area contributed by atoms with Crippen LogP contribution in [-0.2, 0) is 10.0 Å². The number of ether oxygens (including phenoxy) is 1. The van der Waals surface area contributed by atoms with Gasteiger partial charge in [0.2, 0.25) is 15.9 Å². The van der Waals surface area contributed by atoms with Crippen molar-refractivity contribution in [2.45, 2.75) is 49.9 Å². The van der Waals surface area contributed by atoms with Gasteiger partial charge in [0.15, 0.2) is 5.01 Å². The Kier molecular flexibility index (Phi) is 7.59. The summed E-state index contributed by atoms with van der Waals surface area (Å²) >= 11 is 1.22. The summed E-state index contributed by atoms with van der Waals surface area (Å²) < 4.78 is 33.0. The number of carbonyl (C=O) groups excluding carboxylic acids is 1. The fraction of sp³-hybridized carbons (Fsp3) is 0.480. The number of pyridine rings is 1. The molecule has 2 saturated carbocycles. The van der Waals surface area contributed by atoms with Gasteiger partial charge >= 0.3 is 0 Å². The van der Waals surface area contributed by atoms with E-state index in [-0.39, 0.29) is 17.1 Å². The predicted octanol–water partition coefficient (Wildman–Crippen LogP) is 3.11. The number of carbonyl (C=O) groups is 1. The van der Waals surface area contributed by atoms with Crippen molar-refractivity contribution in [2.75, 3.05) is 25.4 Å². The van der Waals surface area contributed by atoms with Crippen molar-refractivity contribution in [1.29, 1.82) is 0 Å². The highest BCUT2D eigenvalue weighted by molar-refractivity contribution is 7.93. The van der Waals surface area contributed by atoms with E-state index < -0.39 is 16.1 Å². The molecule has 0 spiro atoms. The van der Waals surface area contributed by atoms with Crippen LogP contribution in [0.25, 0.3) is 10.6 Å². The summed E-state index contributed by atoms with van der Waals surface area (Å²) in [6.45, 7) is 2.35. The number of nitrogens with zero attached hydrogens (tertiary/aromatic N) is 5. The van der Waals surface area contributed by atoms with Gasteiger partial charge < -0.3 is 15.0 Å². The smallest absolute Gasteiger partial charge is 0.280 e. The summed E-state index contributed by atoms with van der Waals surface area (Å²) in [6, 6.07) is 3.38. The van der Waals surface area contributed by atoms with Gasteiger partial charge in [0, 0.05) is 18.4 Å². The van der Waals surface area contributed by atoms with Crippen LogP contribution in [-0.4, -0.2) is 71.2 Å². The van der Waals surface area contributed by atoms with Crippen LogP contribution in [0.4, 0.5) is 5.69 Å². The molecule has 1 atom stereocenters. The number of nitrogens with one attached hydrogen (secondary N) is 2. The zero-order valence-corrected chi connectivity index (χ0v) is 23.1. The van der Waals surface area contributed by atoms with Crippen LogP contribution in [0.1, 0.15) is 54.1 Å². The molecule has 0 radical (unpaired) electrons. The van der Waals surface area contributed by atoms with Crippen molar-refractivity contribution in [3.8, 4) is 16.5 Å². The SMILES string of the molecule is CCOc1cncc(-c2cnc(C(=O)N[C@H](c3cc(NS(=O)(=O)C4CC4)ccn3)C3CC(N(C)C)C3)s2)n1. The summed E-state index contributed by atoms with van der Waals surface area (Å²) in [5.74, 6) is 0.245. The maximum Gasteiger partial charge on any atom is 0.280 e. The predicted molar refractivity (Wildman–Crippen MR) is 145 cm³/mol. The van der Waals surface area contributed by atoms with Gasteiger partial charge in [-0.1, -0.05) is 0 Å². The van der Waals surface area contributed by atoms with E-state index in [0.717, 1.165) is 12.8 Å². The molecule has 1 amide bonds. The Bertz CT molecular complexity index is 1400. The van der Waals surface area contributed by atoms with Crippen LogP contribution in [0.3, 0.4) is 0 Å². The number of amides is 1. The van der Waals surface area contributed by atoms with Crippen LogP contribution in [0.15, 0.2) is 36.9 Å². The molecule has 3 aromatic rings. The fourth-order valence-electron chi connectivity index (χ4n) is 4.45. The van der Waals surface area contributed by atoms with Gasteiger partial charge in [0.05, 0.1) is 46.6 Å². The Morgan fingerprint density at radius 2 is 2.00 bits per heavy atom. The summed E-state index contributed by atoms with van der Waals surface area (Å²) in [4.78, 5) is 33.7. The molecule has 11 nitrogen and oxygen atoms in total. The minimum atomic E-state index is -3.41. The Labute approximate surface area is 226 Å². The molecule has 3 aromatic heterocycles. The van der Waals surface area contributed by atoms with Crippen LogP contribution < -0.4 is 14.8 Å². The molecule has 2 fully saturated rings. The second-order valence-corrected chi connectivity index (χ2v) is 12.8. The lowest BCUT2D eigenvalue weighted by Crippen LogP contribution is -2.47. The highest BCUT2D eigenvalue weighted by atomic mass is 32.2. The summed E-state index contributed by atoms with van der Waals surface area (Å²) in [6.07, 6.45) is 9.46. The molecular weight excluding hydrogens is 526 g/mol. The van der Waals surface area contributed by atoms with Crippen molar-refractivity contribution in [2.24, 2.45) is 5.92 Å². The molecule has 38 heavy (non-hydrogen) atoms. The average Bonchev–Trinajstić information content (AvgIpc) is 3.60. The number of anilines is 1. The van der Waals surface area contributed by atoms with E-state index in [1.54, 1.807) is 30.7 Å². The molecule has 0 unspecified atom stereocenters. The first-order valence-electron chi connectivity index (χ1n) is 12.6. The first kappa shape index (κ1) is 26.4. The standard InChI is InChI=1S/C25H31N7O4S2/c1-4-36-22-14-26-12-20(29-22)21-13-28-25(37-21)24(33)30-23(15-9-17(10-15)32(2)3)19-11-16(7-8-27-19)31-38(34,35)18-5-6-18/h7-8,11-15,17-18,23H,4-6,9-10H2,1-3H3,(H,27,31)(H,30,33)/t15?,17?,23-/m0/s1. The number of thiazole rings is 1. The third-order valence-electron chi connectivity index (χ3n) is 6.82. The Morgan fingerprint density at radius 1 is 1.21 bits per heavy atom. The highest BCUT2D eigenvalue weighted by Gasteiger charge is 2.39. The zero-order chi connectivity index (χ0) is 26.9. The maximum atomic E-state index is 13.3. The normalized spacial score (nSPS) is 20.0. The molecule has 3 heterocycles. The fourth-order valence-corrected chi connectivity index (χ4v) is 6.60. The topological polar surface area (TPSA) is 139 Å². The molecule has 0 saturated heterocycles. The first-order valence-corrected chi connectivity index (χ1v) is 15.0. The lowest BCUT2D eigenvalue weighted by atomic mass is 9.74. The minimum Gasteiger partial charge on any atom is -0.477 e. The number of sulfonamides is 1. The largest absolute Gasteiger partial charge is 0.477 e. The Balaban J connectivity index is 1.36. The number of aromatic nitrogens is 4.